The molecule has 0 saturated heterocycles. The van der Waals surface area contributed by atoms with Crippen LogP contribution in [0.4, 0.5) is 0 Å². The maximum atomic E-state index is 11.8. The fourth-order valence-corrected chi connectivity index (χ4v) is 6.44. The third kappa shape index (κ3) is 4.49. The summed E-state index contributed by atoms with van der Waals surface area (Å²) in [5.41, 5.74) is 0. The Morgan fingerprint density at radius 1 is 1.07 bits per heavy atom. The van der Waals surface area contributed by atoms with Gasteiger partial charge in [-0.05, 0) is 12.1 Å². The molecule has 0 amide bonds. The Morgan fingerprint density at radius 3 is 2.07 bits per heavy atom. The van der Waals surface area contributed by atoms with Gasteiger partial charge in [0.15, 0.2) is 0 Å². The van der Waals surface area contributed by atoms with Crippen LogP contribution in [0.1, 0.15) is 20.8 Å². The first-order valence-electron chi connectivity index (χ1n) is 4.49. The van der Waals surface area contributed by atoms with E-state index in [1.54, 1.807) is 30.3 Å². The van der Waals surface area contributed by atoms with Crippen molar-refractivity contribution < 1.29 is 8.42 Å². The molecule has 5 heteroatoms. The number of hydrogen-bond acceptors (Lipinski definition) is 4. The minimum Gasteiger partial charge on any atom is -0.211 e. The summed E-state index contributed by atoms with van der Waals surface area (Å²) < 4.78 is 23.6. The fourth-order valence-electron chi connectivity index (χ4n) is 0.773. The lowest BCUT2D eigenvalue weighted by Gasteiger charge is -2.15. The van der Waals surface area contributed by atoms with Gasteiger partial charge in [-0.25, -0.2) is 8.42 Å². The SMILES string of the molecule is CC(C)(C)SSS(=O)(=O)c1ccccc1. The Kier molecular flexibility index (Phi) is 4.14. The van der Waals surface area contributed by atoms with Crippen LogP contribution in [0.15, 0.2) is 35.2 Å². The van der Waals surface area contributed by atoms with E-state index < -0.39 is 8.87 Å². The maximum Gasteiger partial charge on any atom is 0.240 e. The van der Waals surface area contributed by atoms with Gasteiger partial charge in [0.1, 0.15) is 0 Å². The summed E-state index contributed by atoms with van der Waals surface area (Å²) in [5, 5.41) is 0. The quantitative estimate of drug-likeness (QED) is 0.780. The summed E-state index contributed by atoms with van der Waals surface area (Å²) >= 11 is 0. The highest BCUT2D eigenvalue weighted by Crippen LogP contribution is 2.41. The van der Waals surface area contributed by atoms with Crippen LogP contribution in [0, 0.1) is 0 Å². The number of rotatable bonds is 3. The molecule has 1 aromatic carbocycles. The first kappa shape index (κ1) is 12.9. The average molecular weight is 262 g/mol. The predicted octanol–water partition coefficient (Wildman–Crippen LogP) is 3.56. The Balaban J connectivity index is 2.78. The number of hydrogen-bond donors (Lipinski definition) is 0. The summed E-state index contributed by atoms with van der Waals surface area (Å²) in [7, 11) is -0.922. The molecular formula is C10H14O2S3. The molecule has 1 rings (SSSR count). The van der Waals surface area contributed by atoms with E-state index in [1.807, 2.05) is 20.8 Å². The van der Waals surface area contributed by atoms with E-state index in [-0.39, 0.29) is 4.75 Å². The normalized spacial score (nSPS) is 12.7. The van der Waals surface area contributed by atoms with Gasteiger partial charge in [0, 0.05) is 14.6 Å². The van der Waals surface area contributed by atoms with E-state index in [9.17, 15) is 8.42 Å². The molecule has 0 radical (unpaired) electrons. The third-order valence-corrected chi connectivity index (χ3v) is 8.05. The Bertz CT molecular complexity index is 404. The second kappa shape index (κ2) is 4.80. The van der Waals surface area contributed by atoms with Crippen molar-refractivity contribution in [2.75, 3.05) is 0 Å². The molecule has 1 aromatic rings. The van der Waals surface area contributed by atoms with Crippen LogP contribution in [0.25, 0.3) is 0 Å². The van der Waals surface area contributed by atoms with Crippen molar-refractivity contribution in [2.45, 2.75) is 30.4 Å². The summed E-state index contributed by atoms with van der Waals surface area (Å²) in [6, 6.07) is 8.50. The molecule has 0 aromatic heterocycles. The smallest absolute Gasteiger partial charge is 0.211 e. The molecule has 84 valence electrons. The van der Waals surface area contributed by atoms with Crippen LogP contribution in [0.3, 0.4) is 0 Å². The first-order valence-corrected chi connectivity index (χ1v) is 8.64. The largest absolute Gasteiger partial charge is 0.240 e. The lowest BCUT2D eigenvalue weighted by molar-refractivity contribution is 0.610. The molecule has 0 spiro atoms. The number of benzene rings is 1. The first-order chi connectivity index (χ1) is 6.81. The van der Waals surface area contributed by atoms with E-state index in [2.05, 4.69) is 0 Å². The maximum absolute atomic E-state index is 11.8. The van der Waals surface area contributed by atoms with Gasteiger partial charge in [0.2, 0.25) is 8.87 Å². The Labute approximate surface area is 98.6 Å². The van der Waals surface area contributed by atoms with Crippen LogP contribution in [-0.2, 0) is 8.87 Å². The molecule has 2 nitrogen and oxygen atoms in total. The van der Waals surface area contributed by atoms with E-state index in [4.69, 9.17) is 0 Å². The Hall–Kier alpha value is -0.130. The molecule has 0 aliphatic carbocycles. The second-order valence-electron chi connectivity index (χ2n) is 4.03. The minimum atomic E-state index is -3.21. The Morgan fingerprint density at radius 2 is 1.60 bits per heavy atom. The topological polar surface area (TPSA) is 34.1 Å². The van der Waals surface area contributed by atoms with Gasteiger partial charge in [-0.15, -0.1) is 0 Å². The average Bonchev–Trinajstić information content (AvgIpc) is 2.16. The molecule has 0 heterocycles. The lowest BCUT2D eigenvalue weighted by Crippen LogP contribution is -2.06. The second-order valence-corrected chi connectivity index (χ2v) is 10.4. The van der Waals surface area contributed by atoms with E-state index in [0.29, 0.717) is 4.90 Å². The molecule has 0 aliphatic heterocycles. The monoisotopic (exact) mass is 262 g/mol. The van der Waals surface area contributed by atoms with Crippen LogP contribution >= 0.6 is 20.6 Å². The molecular weight excluding hydrogens is 248 g/mol. The van der Waals surface area contributed by atoms with E-state index in [1.165, 1.54) is 10.8 Å². The molecule has 0 saturated carbocycles. The summed E-state index contributed by atoms with van der Waals surface area (Å²) in [6.45, 7) is 5.97. The zero-order chi connectivity index (χ0) is 11.5. The highest BCUT2D eigenvalue weighted by molar-refractivity contribution is 9.07. The highest BCUT2D eigenvalue weighted by atomic mass is 33.5. The fraction of sp³-hybridized carbons (Fsp3) is 0.400. The standard InChI is InChI=1S/C10H14O2S3/c1-10(2,3)13-14-15(11,12)9-7-5-4-6-8-9/h4-8H,1-3H3. The van der Waals surface area contributed by atoms with Crippen LogP contribution < -0.4 is 0 Å². The predicted molar refractivity (Wildman–Crippen MR) is 68.6 cm³/mol. The van der Waals surface area contributed by atoms with Gasteiger partial charge in [-0.2, -0.15) is 0 Å². The van der Waals surface area contributed by atoms with E-state index in [0.717, 1.165) is 9.83 Å². The van der Waals surface area contributed by atoms with Gasteiger partial charge in [-0.3, -0.25) is 0 Å². The van der Waals surface area contributed by atoms with Crippen molar-refractivity contribution in [3.8, 4) is 0 Å². The van der Waals surface area contributed by atoms with Gasteiger partial charge >= 0.3 is 0 Å². The molecule has 0 N–H and O–H groups in total. The molecule has 0 bridgehead atoms. The highest BCUT2D eigenvalue weighted by Gasteiger charge is 2.20. The molecule has 0 atom stereocenters. The third-order valence-electron chi connectivity index (χ3n) is 1.41. The van der Waals surface area contributed by atoms with E-state index >= 15 is 0 Å². The van der Waals surface area contributed by atoms with Crippen molar-refractivity contribution in [2.24, 2.45) is 0 Å². The van der Waals surface area contributed by atoms with Gasteiger partial charge in [-0.1, -0.05) is 49.8 Å². The molecule has 0 unspecified atom stereocenters. The van der Waals surface area contributed by atoms with Crippen molar-refractivity contribution in [1.29, 1.82) is 0 Å². The van der Waals surface area contributed by atoms with Crippen LogP contribution in [-0.4, -0.2) is 13.2 Å². The minimum absolute atomic E-state index is 0.0630. The van der Waals surface area contributed by atoms with Gasteiger partial charge in [0.25, 0.3) is 0 Å². The van der Waals surface area contributed by atoms with Crippen molar-refractivity contribution >= 4 is 29.5 Å². The zero-order valence-corrected chi connectivity index (χ0v) is 11.4. The summed E-state index contributed by atoms with van der Waals surface area (Å²) in [5.74, 6) is 0. The van der Waals surface area contributed by atoms with Crippen molar-refractivity contribution in [1.82, 2.24) is 0 Å². The summed E-state index contributed by atoms with van der Waals surface area (Å²) in [4.78, 5) is 0.367. The van der Waals surface area contributed by atoms with Gasteiger partial charge in [0.05, 0.1) is 4.90 Å². The van der Waals surface area contributed by atoms with Crippen molar-refractivity contribution in [3.05, 3.63) is 30.3 Å². The summed E-state index contributed by atoms with van der Waals surface area (Å²) in [6.07, 6.45) is 0. The van der Waals surface area contributed by atoms with Crippen molar-refractivity contribution in [3.63, 3.8) is 0 Å². The molecule has 0 aliphatic rings. The van der Waals surface area contributed by atoms with Crippen LogP contribution in [0.2, 0.25) is 0 Å². The van der Waals surface area contributed by atoms with Crippen LogP contribution in [0.5, 0.6) is 0 Å². The van der Waals surface area contributed by atoms with Gasteiger partial charge < -0.3 is 0 Å². The lowest BCUT2D eigenvalue weighted by atomic mass is 10.3. The molecule has 0 fully saturated rings. The zero-order valence-electron chi connectivity index (χ0n) is 8.93. The molecule has 15 heavy (non-hydrogen) atoms.